The molecule has 0 atom stereocenters. The van der Waals surface area contributed by atoms with E-state index < -0.39 is 0 Å². The second kappa shape index (κ2) is 8.19. The summed E-state index contributed by atoms with van der Waals surface area (Å²) in [5.41, 5.74) is 1.32. The van der Waals surface area contributed by atoms with Gasteiger partial charge in [-0.1, -0.05) is 56.5 Å². The van der Waals surface area contributed by atoms with Crippen LogP contribution in [0.3, 0.4) is 0 Å². The number of aromatic nitrogens is 3. The topological polar surface area (TPSA) is 70.7 Å². The molecule has 0 aliphatic carbocycles. The third-order valence-electron chi connectivity index (χ3n) is 3.30. The van der Waals surface area contributed by atoms with Gasteiger partial charge in [-0.25, -0.2) is 0 Å². The summed E-state index contributed by atoms with van der Waals surface area (Å²) in [4.78, 5) is 14.7. The molecular weight excluding hydrogens is 264 g/mol. The van der Waals surface area contributed by atoms with Crippen LogP contribution >= 0.6 is 0 Å². The fourth-order valence-electron chi connectivity index (χ4n) is 2.10. The number of H-pyrrole nitrogens is 1. The predicted octanol–water partition coefficient (Wildman–Crippen LogP) is 2.75. The molecule has 0 amide bonds. The Morgan fingerprint density at radius 1 is 1.10 bits per heavy atom. The molecule has 0 aliphatic rings. The summed E-state index contributed by atoms with van der Waals surface area (Å²) in [7, 11) is 0. The molecule has 2 aromatic rings. The Morgan fingerprint density at radius 3 is 2.62 bits per heavy atom. The molecular formula is C16H22N4O. The van der Waals surface area contributed by atoms with Crippen LogP contribution in [0.5, 0.6) is 0 Å². The highest BCUT2D eigenvalue weighted by molar-refractivity contribution is 5.24. The van der Waals surface area contributed by atoms with Crippen molar-refractivity contribution in [3.8, 4) is 0 Å². The molecule has 0 saturated carbocycles. The molecule has 5 heteroatoms. The first-order chi connectivity index (χ1) is 10.3. The van der Waals surface area contributed by atoms with Gasteiger partial charge in [-0.05, 0) is 12.0 Å². The van der Waals surface area contributed by atoms with Crippen LogP contribution in [0.2, 0.25) is 0 Å². The molecule has 1 heterocycles. The molecule has 5 nitrogen and oxygen atoms in total. The van der Waals surface area contributed by atoms with Crippen molar-refractivity contribution in [1.82, 2.24) is 15.2 Å². The van der Waals surface area contributed by atoms with E-state index >= 15 is 0 Å². The maximum Gasteiger partial charge on any atom is 0.274 e. The van der Waals surface area contributed by atoms with Crippen molar-refractivity contribution in [2.45, 2.75) is 39.0 Å². The first-order valence-corrected chi connectivity index (χ1v) is 7.53. The largest absolute Gasteiger partial charge is 0.354 e. The summed E-state index contributed by atoms with van der Waals surface area (Å²) in [6.07, 6.45) is 5.21. The molecule has 0 unspecified atom stereocenters. The van der Waals surface area contributed by atoms with Gasteiger partial charge in [-0.2, -0.15) is 0 Å². The van der Waals surface area contributed by atoms with Crippen LogP contribution in [0.25, 0.3) is 0 Å². The van der Waals surface area contributed by atoms with Crippen molar-refractivity contribution in [2.24, 2.45) is 0 Å². The highest BCUT2D eigenvalue weighted by Gasteiger charge is 2.05. The van der Waals surface area contributed by atoms with Crippen molar-refractivity contribution in [2.75, 3.05) is 11.9 Å². The van der Waals surface area contributed by atoms with Gasteiger partial charge in [0.05, 0.1) is 0 Å². The van der Waals surface area contributed by atoms with Gasteiger partial charge >= 0.3 is 0 Å². The Labute approximate surface area is 124 Å². The summed E-state index contributed by atoms with van der Waals surface area (Å²) in [5, 5.41) is 11.2. The first kappa shape index (κ1) is 15.2. The predicted molar refractivity (Wildman–Crippen MR) is 84.5 cm³/mol. The van der Waals surface area contributed by atoms with Crippen LogP contribution in [-0.4, -0.2) is 21.7 Å². The maximum atomic E-state index is 12.0. The van der Waals surface area contributed by atoms with Gasteiger partial charge in [-0.3, -0.25) is 9.78 Å². The molecule has 21 heavy (non-hydrogen) atoms. The van der Waals surface area contributed by atoms with E-state index in [1.54, 1.807) is 0 Å². The number of benzene rings is 1. The van der Waals surface area contributed by atoms with Crippen molar-refractivity contribution < 1.29 is 0 Å². The summed E-state index contributed by atoms with van der Waals surface area (Å²) in [5.74, 6) is 0.452. The van der Waals surface area contributed by atoms with Crippen molar-refractivity contribution >= 4 is 5.95 Å². The van der Waals surface area contributed by atoms with E-state index in [2.05, 4.69) is 27.4 Å². The Kier molecular flexibility index (Phi) is 5.94. The molecule has 1 aromatic heterocycles. The van der Waals surface area contributed by atoms with E-state index in [1.165, 1.54) is 19.3 Å². The molecule has 2 N–H and O–H groups in total. The minimum Gasteiger partial charge on any atom is -0.354 e. The van der Waals surface area contributed by atoms with E-state index in [4.69, 9.17) is 0 Å². The van der Waals surface area contributed by atoms with Crippen molar-refractivity contribution in [1.29, 1.82) is 0 Å². The second-order valence-electron chi connectivity index (χ2n) is 5.10. The van der Waals surface area contributed by atoms with Crippen molar-refractivity contribution in [3.05, 3.63) is 51.9 Å². The molecule has 112 valence electrons. The summed E-state index contributed by atoms with van der Waals surface area (Å²) in [6.45, 7) is 2.99. The van der Waals surface area contributed by atoms with Gasteiger partial charge in [0, 0.05) is 13.0 Å². The zero-order valence-electron chi connectivity index (χ0n) is 12.4. The van der Waals surface area contributed by atoms with E-state index in [0.29, 0.717) is 18.1 Å². The molecule has 0 aliphatic heterocycles. The Morgan fingerprint density at radius 2 is 1.90 bits per heavy atom. The Hall–Kier alpha value is -2.17. The number of aromatic amines is 1. The average Bonchev–Trinajstić information content (AvgIpc) is 2.51. The van der Waals surface area contributed by atoms with Crippen LogP contribution in [0.4, 0.5) is 5.95 Å². The highest BCUT2D eigenvalue weighted by Crippen LogP contribution is 2.04. The van der Waals surface area contributed by atoms with E-state index in [0.717, 1.165) is 18.5 Å². The quantitative estimate of drug-likeness (QED) is 0.732. The number of hydrogen-bond acceptors (Lipinski definition) is 4. The van der Waals surface area contributed by atoms with E-state index in [-0.39, 0.29) is 5.56 Å². The normalized spacial score (nSPS) is 10.5. The first-order valence-electron chi connectivity index (χ1n) is 7.53. The molecule has 0 bridgehead atoms. The SMILES string of the molecule is CCCCCCNc1nnc(Cc2ccccc2)c(=O)[nH]1. The van der Waals surface area contributed by atoms with Gasteiger partial charge in [0.25, 0.3) is 5.56 Å². The molecule has 2 rings (SSSR count). The van der Waals surface area contributed by atoms with Crippen molar-refractivity contribution in [3.63, 3.8) is 0 Å². The second-order valence-corrected chi connectivity index (χ2v) is 5.10. The lowest BCUT2D eigenvalue weighted by molar-refractivity contribution is 0.681. The number of hydrogen-bond donors (Lipinski definition) is 2. The summed E-state index contributed by atoms with van der Waals surface area (Å²) < 4.78 is 0. The van der Waals surface area contributed by atoms with Gasteiger partial charge in [0.1, 0.15) is 5.69 Å². The van der Waals surface area contributed by atoms with E-state index in [9.17, 15) is 4.79 Å². The smallest absolute Gasteiger partial charge is 0.274 e. The fraction of sp³-hybridized carbons (Fsp3) is 0.438. The van der Waals surface area contributed by atoms with Crippen LogP contribution in [0, 0.1) is 0 Å². The third-order valence-corrected chi connectivity index (χ3v) is 3.30. The highest BCUT2D eigenvalue weighted by atomic mass is 16.1. The lowest BCUT2D eigenvalue weighted by atomic mass is 10.1. The average molecular weight is 286 g/mol. The maximum absolute atomic E-state index is 12.0. The minimum atomic E-state index is -0.176. The summed E-state index contributed by atoms with van der Waals surface area (Å²) >= 11 is 0. The van der Waals surface area contributed by atoms with Crippen LogP contribution in [0.1, 0.15) is 43.9 Å². The molecule has 0 saturated heterocycles. The Bertz CT molecular complexity index is 595. The number of nitrogens with one attached hydrogen (secondary N) is 2. The molecule has 0 fully saturated rings. The Balaban J connectivity index is 1.90. The molecule has 1 aromatic carbocycles. The zero-order valence-corrected chi connectivity index (χ0v) is 12.4. The minimum absolute atomic E-state index is 0.176. The van der Waals surface area contributed by atoms with Gasteiger partial charge in [0.2, 0.25) is 5.95 Å². The van der Waals surface area contributed by atoms with Gasteiger partial charge < -0.3 is 5.32 Å². The summed E-state index contributed by atoms with van der Waals surface area (Å²) in [6, 6.07) is 9.79. The van der Waals surface area contributed by atoms with Gasteiger partial charge in [0.15, 0.2) is 0 Å². The van der Waals surface area contributed by atoms with Crippen LogP contribution in [0.15, 0.2) is 35.1 Å². The fourth-order valence-corrected chi connectivity index (χ4v) is 2.10. The molecule has 0 radical (unpaired) electrons. The van der Waals surface area contributed by atoms with Gasteiger partial charge in [-0.15, -0.1) is 10.2 Å². The zero-order chi connectivity index (χ0) is 14.9. The monoisotopic (exact) mass is 286 g/mol. The number of rotatable bonds is 8. The number of anilines is 1. The molecule has 0 spiro atoms. The lowest BCUT2D eigenvalue weighted by Gasteiger charge is -2.05. The number of unbranched alkanes of at least 4 members (excludes halogenated alkanes) is 3. The standard InChI is InChI=1S/C16H22N4O/c1-2-3-4-8-11-17-16-18-15(21)14(19-20-16)12-13-9-6-5-7-10-13/h5-7,9-10H,2-4,8,11-12H2,1H3,(H2,17,18,20,21). The number of nitrogens with zero attached hydrogens (tertiary/aromatic N) is 2. The van der Waals surface area contributed by atoms with Crippen LogP contribution in [-0.2, 0) is 6.42 Å². The van der Waals surface area contributed by atoms with E-state index in [1.807, 2.05) is 30.3 Å². The van der Waals surface area contributed by atoms with Crippen LogP contribution < -0.4 is 10.9 Å². The third kappa shape index (κ3) is 5.02. The lowest BCUT2D eigenvalue weighted by Crippen LogP contribution is -2.20.